The monoisotopic (exact) mass is 330 g/mol. The Labute approximate surface area is 128 Å². The maximum absolute atomic E-state index is 12.4. The second-order valence-electron chi connectivity index (χ2n) is 4.20. The van der Waals surface area contributed by atoms with Crippen LogP contribution in [0.25, 0.3) is 0 Å². The second kappa shape index (κ2) is 6.65. The number of anilines is 1. The minimum Gasteiger partial charge on any atom is -0.481 e. The summed E-state index contributed by atoms with van der Waals surface area (Å²) < 4.78 is 42.4. The first-order chi connectivity index (χ1) is 10.4. The van der Waals surface area contributed by atoms with E-state index < -0.39 is 17.6 Å². The topological polar surface area (TPSA) is 51.2 Å². The van der Waals surface area contributed by atoms with Crippen molar-refractivity contribution in [2.75, 3.05) is 11.9 Å². The predicted molar refractivity (Wildman–Crippen MR) is 74.8 cm³/mol. The number of halogens is 4. The van der Waals surface area contributed by atoms with Crippen molar-refractivity contribution in [1.29, 1.82) is 0 Å². The van der Waals surface area contributed by atoms with Crippen LogP contribution < -0.4 is 10.1 Å². The van der Waals surface area contributed by atoms with Gasteiger partial charge >= 0.3 is 6.18 Å². The Hall–Kier alpha value is -2.28. The Morgan fingerprint density at radius 1 is 1.23 bits per heavy atom. The van der Waals surface area contributed by atoms with Crippen molar-refractivity contribution in [3.8, 4) is 5.75 Å². The first-order valence-electron chi connectivity index (χ1n) is 6.06. The molecule has 0 fully saturated rings. The molecule has 0 saturated heterocycles. The Bertz CT molecular complexity index is 660. The number of nitrogens with zero attached hydrogens (tertiary/aromatic N) is 1. The highest BCUT2D eigenvalue weighted by Gasteiger charge is 2.29. The van der Waals surface area contributed by atoms with Gasteiger partial charge in [-0.2, -0.15) is 13.2 Å². The fraction of sp³-hybridized carbons (Fsp3) is 0.143. The summed E-state index contributed by atoms with van der Waals surface area (Å²) in [4.78, 5) is 15.4. The first kappa shape index (κ1) is 16.1. The molecule has 2 rings (SSSR count). The van der Waals surface area contributed by atoms with Crippen LogP contribution in [0.3, 0.4) is 0 Å². The highest BCUT2D eigenvalue weighted by molar-refractivity contribution is 6.30. The van der Waals surface area contributed by atoms with Crippen LogP contribution in [0.15, 0.2) is 42.6 Å². The van der Waals surface area contributed by atoms with E-state index in [-0.39, 0.29) is 23.2 Å². The van der Waals surface area contributed by atoms with Crippen molar-refractivity contribution >= 4 is 23.2 Å². The van der Waals surface area contributed by atoms with Crippen LogP contribution in [-0.2, 0) is 11.0 Å². The average molecular weight is 331 g/mol. The van der Waals surface area contributed by atoms with Gasteiger partial charge in [-0.15, -0.1) is 0 Å². The number of amides is 1. The molecule has 1 heterocycles. The summed E-state index contributed by atoms with van der Waals surface area (Å²) in [6, 6.07) is 7.23. The molecule has 0 aliphatic carbocycles. The molecule has 0 saturated carbocycles. The van der Waals surface area contributed by atoms with Gasteiger partial charge in [-0.05, 0) is 36.4 Å². The lowest BCUT2D eigenvalue weighted by Crippen LogP contribution is -2.20. The van der Waals surface area contributed by atoms with Crippen molar-refractivity contribution in [1.82, 2.24) is 4.98 Å². The van der Waals surface area contributed by atoms with Gasteiger partial charge in [0.15, 0.2) is 17.5 Å². The van der Waals surface area contributed by atoms with Gasteiger partial charge in [-0.3, -0.25) is 4.79 Å². The molecule has 116 valence electrons. The zero-order chi connectivity index (χ0) is 16.2. The molecule has 2 aromatic rings. The molecule has 0 radical (unpaired) electrons. The molecular weight excluding hydrogens is 321 g/mol. The van der Waals surface area contributed by atoms with E-state index in [1.54, 1.807) is 12.1 Å². The maximum atomic E-state index is 12.4. The lowest BCUT2D eigenvalue weighted by atomic mass is 10.2. The fourth-order valence-corrected chi connectivity index (χ4v) is 1.74. The summed E-state index contributed by atoms with van der Waals surface area (Å²) in [7, 11) is 0. The quantitative estimate of drug-likeness (QED) is 0.868. The van der Waals surface area contributed by atoms with Crippen LogP contribution in [0.1, 0.15) is 5.56 Å². The van der Waals surface area contributed by atoms with Crippen LogP contribution in [0.5, 0.6) is 5.75 Å². The lowest BCUT2D eigenvalue weighted by molar-refractivity contribution is -0.137. The molecule has 0 spiro atoms. The van der Waals surface area contributed by atoms with Gasteiger partial charge in [0.2, 0.25) is 0 Å². The van der Waals surface area contributed by atoms with Gasteiger partial charge in [0, 0.05) is 11.9 Å². The van der Waals surface area contributed by atoms with E-state index in [9.17, 15) is 18.0 Å². The van der Waals surface area contributed by atoms with Crippen LogP contribution in [-0.4, -0.2) is 17.5 Å². The van der Waals surface area contributed by atoms with Crippen molar-refractivity contribution in [3.05, 3.63) is 53.3 Å². The van der Waals surface area contributed by atoms with Crippen LogP contribution in [0.4, 0.5) is 18.9 Å². The van der Waals surface area contributed by atoms with E-state index in [4.69, 9.17) is 16.3 Å². The number of nitrogens with one attached hydrogen (secondary N) is 1. The minimum absolute atomic E-state index is 0.116. The third kappa shape index (κ3) is 4.36. The molecule has 1 amide bonds. The van der Waals surface area contributed by atoms with Crippen molar-refractivity contribution < 1.29 is 22.7 Å². The SMILES string of the molecule is O=C(COc1cccnc1Cl)Nc1ccc(C(F)(F)F)cc1. The number of ether oxygens (including phenoxy) is 1. The van der Waals surface area contributed by atoms with Crippen molar-refractivity contribution in [3.63, 3.8) is 0 Å². The highest BCUT2D eigenvalue weighted by atomic mass is 35.5. The van der Waals surface area contributed by atoms with Gasteiger partial charge in [0.1, 0.15) is 0 Å². The fourth-order valence-electron chi connectivity index (χ4n) is 1.56. The second-order valence-corrected chi connectivity index (χ2v) is 4.56. The standard InChI is InChI=1S/C14H10ClF3N2O2/c15-13-11(2-1-7-19-13)22-8-12(21)20-10-5-3-9(4-6-10)14(16,17)18/h1-7H,8H2,(H,20,21). The summed E-state index contributed by atoms with van der Waals surface area (Å²) in [5.41, 5.74) is -0.553. The molecule has 0 aliphatic heterocycles. The average Bonchev–Trinajstić information content (AvgIpc) is 2.46. The summed E-state index contributed by atoms with van der Waals surface area (Å²) in [5.74, 6) is -0.286. The molecule has 0 bridgehead atoms. The van der Waals surface area contributed by atoms with Crippen LogP contribution >= 0.6 is 11.6 Å². The summed E-state index contributed by atoms with van der Waals surface area (Å²) in [6.07, 6.45) is -2.94. The van der Waals surface area contributed by atoms with Crippen LogP contribution in [0.2, 0.25) is 5.15 Å². The Kier molecular flexibility index (Phi) is 4.87. The van der Waals surface area contributed by atoms with E-state index in [0.29, 0.717) is 0 Å². The normalized spacial score (nSPS) is 11.1. The van der Waals surface area contributed by atoms with Crippen molar-refractivity contribution in [2.45, 2.75) is 6.18 Å². The lowest BCUT2D eigenvalue weighted by Gasteiger charge is -2.10. The molecule has 1 N–H and O–H groups in total. The number of rotatable bonds is 4. The molecule has 0 unspecified atom stereocenters. The van der Waals surface area contributed by atoms with Gasteiger partial charge < -0.3 is 10.1 Å². The van der Waals surface area contributed by atoms with E-state index in [1.807, 2.05) is 0 Å². The molecule has 1 aromatic carbocycles. The third-order valence-electron chi connectivity index (χ3n) is 2.58. The Balaban J connectivity index is 1.91. The number of hydrogen-bond donors (Lipinski definition) is 1. The Morgan fingerprint density at radius 3 is 2.50 bits per heavy atom. The molecule has 0 aliphatic rings. The molecule has 8 heteroatoms. The molecule has 1 aromatic heterocycles. The predicted octanol–water partition coefficient (Wildman–Crippen LogP) is 3.77. The highest BCUT2D eigenvalue weighted by Crippen LogP contribution is 2.29. The number of benzene rings is 1. The third-order valence-corrected chi connectivity index (χ3v) is 2.86. The minimum atomic E-state index is -4.41. The number of carbonyl (C=O) groups excluding carboxylic acids is 1. The van der Waals surface area contributed by atoms with Gasteiger partial charge in [0.05, 0.1) is 5.56 Å². The van der Waals surface area contributed by atoms with E-state index in [1.165, 1.54) is 6.20 Å². The zero-order valence-corrected chi connectivity index (χ0v) is 11.8. The van der Waals surface area contributed by atoms with Gasteiger partial charge in [0.25, 0.3) is 5.91 Å². The number of alkyl halides is 3. The number of carbonyl (C=O) groups is 1. The van der Waals surface area contributed by atoms with Gasteiger partial charge in [-0.1, -0.05) is 11.6 Å². The molecule has 4 nitrogen and oxygen atoms in total. The number of aromatic nitrogens is 1. The first-order valence-corrected chi connectivity index (χ1v) is 6.44. The molecule has 22 heavy (non-hydrogen) atoms. The summed E-state index contributed by atoms with van der Waals surface area (Å²) >= 11 is 5.75. The zero-order valence-electron chi connectivity index (χ0n) is 11.0. The van der Waals surface area contributed by atoms with E-state index in [2.05, 4.69) is 10.3 Å². The summed E-state index contributed by atoms with van der Waals surface area (Å²) in [5, 5.41) is 2.53. The van der Waals surface area contributed by atoms with Gasteiger partial charge in [-0.25, -0.2) is 4.98 Å². The number of hydrogen-bond acceptors (Lipinski definition) is 3. The summed E-state index contributed by atoms with van der Waals surface area (Å²) in [6.45, 7) is -0.341. The molecular formula is C14H10ClF3N2O2. The molecule has 0 atom stereocenters. The largest absolute Gasteiger partial charge is 0.481 e. The maximum Gasteiger partial charge on any atom is 0.416 e. The number of pyridine rings is 1. The van der Waals surface area contributed by atoms with Crippen molar-refractivity contribution in [2.24, 2.45) is 0 Å². The van der Waals surface area contributed by atoms with E-state index in [0.717, 1.165) is 24.3 Å². The van der Waals surface area contributed by atoms with Crippen LogP contribution in [0, 0.1) is 0 Å². The Morgan fingerprint density at radius 2 is 1.91 bits per heavy atom. The smallest absolute Gasteiger partial charge is 0.416 e. The van der Waals surface area contributed by atoms with E-state index >= 15 is 0 Å².